The Hall–Kier alpha value is -1.59. The molecule has 1 aliphatic rings. The van der Waals surface area contributed by atoms with E-state index in [0.717, 1.165) is 18.6 Å². The molecule has 1 aromatic rings. The molecule has 0 spiro atoms. The average Bonchev–Trinajstić information content (AvgIpc) is 3.02. The molecule has 0 bridgehead atoms. The Morgan fingerprint density at radius 3 is 2.50 bits per heavy atom. The van der Waals surface area contributed by atoms with E-state index in [2.05, 4.69) is 0 Å². The van der Waals surface area contributed by atoms with Crippen LogP contribution in [0.4, 0.5) is 17.6 Å². The van der Waals surface area contributed by atoms with Gasteiger partial charge in [-0.15, -0.1) is 0 Å². The zero-order chi connectivity index (χ0) is 15.1. The van der Waals surface area contributed by atoms with Crippen molar-refractivity contribution in [3.63, 3.8) is 0 Å². The Morgan fingerprint density at radius 2 is 2.00 bits per heavy atom. The van der Waals surface area contributed by atoms with E-state index >= 15 is 0 Å². The second kappa shape index (κ2) is 5.07. The standard InChI is InChI=1S/C14H15F4NO/c1-8-6-9(8)7-19(2)13(20)10-4-3-5-11(12(10)15)14(16,17)18/h3-5,8-9H,6-7H2,1-2H3. The molecule has 2 rings (SSSR count). The largest absolute Gasteiger partial charge is 0.419 e. The van der Waals surface area contributed by atoms with Gasteiger partial charge in [0.25, 0.3) is 5.91 Å². The van der Waals surface area contributed by atoms with Crippen LogP contribution in [0.3, 0.4) is 0 Å². The van der Waals surface area contributed by atoms with Crippen LogP contribution >= 0.6 is 0 Å². The van der Waals surface area contributed by atoms with E-state index in [9.17, 15) is 22.4 Å². The van der Waals surface area contributed by atoms with Gasteiger partial charge < -0.3 is 4.90 Å². The maximum atomic E-state index is 13.8. The van der Waals surface area contributed by atoms with Crippen molar-refractivity contribution in [3.05, 3.63) is 35.1 Å². The van der Waals surface area contributed by atoms with Crippen LogP contribution in [0.15, 0.2) is 18.2 Å². The van der Waals surface area contributed by atoms with Gasteiger partial charge in [-0.1, -0.05) is 13.0 Å². The number of hydrogen-bond acceptors (Lipinski definition) is 1. The predicted octanol–water partition coefficient (Wildman–Crippen LogP) is 3.57. The third-order valence-corrected chi connectivity index (χ3v) is 3.67. The number of benzene rings is 1. The molecular formula is C14H15F4NO. The lowest BCUT2D eigenvalue weighted by atomic mass is 10.1. The van der Waals surface area contributed by atoms with Crippen molar-refractivity contribution < 1.29 is 22.4 Å². The summed E-state index contributed by atoms with van der Waals surface area (Å²) in [4.78, 5) is 13.3. The summed E-state index contributed by atoms with van der Waals surface area (Å²) in [5.74, 6) is -1.34. The van der Waals surface area contributed by atoms with Gasteiger partial charge in [-0.25, -0.2) is 4.39 Å². The molecule has 0 aromatic heterocycles. The van der Waals surface area contributed by atoms with E-state index < -0.39 is 29.0 Å². The topological polar surface area (TPSA) is 20.3 Å². The summed E-state index contributed by atoms with van der Waals surface area (Å²) in [5, 5.41) is 0. The highest BCUT2D eigenvalue weighted by Crippen LogP contribution is 2.38. The fourth-order valence-corrected chi connectivity index (χ4v) is 2.21. The molecule has 0 N–H and O–H groups in total. The first-order valence-electron chi connectivity index (χ1n) is 6.33. The Morgan fingerprint density at radius 1 is 1.40 bits per heavy atom. The Bertz CT molecular complexity index is 526. The summed E-state index contributed by atoms with van der Waals surface area (Å²) in [7, 11) is 1.48. The molecule has 1 amide bonds. The van der Waals surface area contributed by atoms with Gasteiger partial charge in [-0.3, -0.25) is 4.79 Å². The van der Waals surface area contributed by atoms with Crippen molar-refractivity contribution in [2.45, 2.75) is 19.5 Å². The summed E-state index contributed by atoms with van der Waals surface area (Å²) in [6.07, 6.45) is -3.81. The van der Waals surface area contributed by atoms with E-state index in [1.807, 2.05) is 6.92 Å². The van der Waals surface area contributed by atoms with E-state index in [1.165, 1.54) is 11.9 Å². The zero-order valence-corrected chi connectivity index (χ0v) is 11.2. The smallest absolute Gasteiger partial charge is 0.341 e. The van der Waals surface area contributed by atoms with Crippen LogP contribution in [0.1, 0.15) is 29.3 Å². The molecule has 2 unspecified atom stereocenters. The van der Waals surface area contributed by atoms with Gasteiger partial charge in [0.2, 0.25) is 0 Å². The monoisotopic (exact) mass is 289 g/mol. The van der Waals surface area contributed by atoms with Crippen molar-refractivity contribution in [1.29, 1.82) is 0 Å². The third-order valence-electron chi connectivity index (χ3n) is 3.67. The lowest BCUT2D eigenvalue weighted by Crippen LogP contribution is -2.30. The summed E-state index contributed by atoms with van der Waals surface area (Å²) in [5.41, 5.74) is -1.94. The van der Waals surface area contributed by atoms with Crippen LogP contribution in [0.5, 0.6) is 0 Å². The summed E-state index contributed by atoms with van der Waals surface area (Å²) in [6.45, 7) is 2.48. The van der Waals surface area contributed by atoms with Gasteiger partial charge in [-0.2, -0.15) is 13.2 Å². The van der Waals surface area contributed by atoms with Crippen molar-refractivity contribution in [1.82, 2.24) is 4.90 Å². The maximum Gasteiger partial charge on any atom is 0.419 e. The van der Waals surface area contributed by atoms with Crippen molar-refractivity contribution in [2.24, 2.45) is 11.8 Å². The molecule has 0 radical (unpaired) electrons. The minimum atomic E-state index is -4.80. The minimum Gasteiger partial charge on any atom is -0.341 e. The van der Waals surface area contributed by atoms with E-state index in [1.54, 1.807) is 0 Å². The SMILES string of the molecule is CC1CC1CN(C)C(=O)c1cccc(C(F)(F)F)c1F. The number of alkyl halides is 3. The van der Waals surface area contributed by atoms with Crippen LogP contribution in [-0.2, 0) is 6.18 Å². The molecule has 0 aliphatic heterocycles. The number of carbonyl (C=O) groups is 1. The number of rotatable bonds is 3. The number of amides is 1. The number of nitrogens with zero attached hydrogens (tertiary/aromatic N) is 1. The number of hydrogen-bond donors (Lipinski definition) is 0. The average molecular weight is 289 g/mol. The highest BCUT2D eigenvalue weighted by Gasteiger charge is 2.37. The van der Waals surface area contributed by atoms with E-state index in [4.69, 9.17) is 0 Å². The van der Waals surface area contributed by atoms with Crippen LogP contribution in [-0.4, -0.2) is 24.4 Å². The van der Waals surface area contributed by atoms with Crippen LogP contribution in [0, 0.1) is 17.7 Å². The van der Waals surface area contributed by atoms with Gasteiger partial charge in [-0.05, 0) is 30.4 Å². The molecule has 6 heteroatoms. The molecule has 2 nitrogen and oxygen atoms in total. The Balaban J connectivity index is 2.21. The first kappa shape index (κ1) is 14.8. The maximum absolute atomic E-state index is 13.8. The lowest BCUT2D eigenvalue weighted by molar-refractivity contribution is -0.140. The zero-order valence-electron chi connectivity index (χ0n) is 11.2. The van der Waals surface area contributed by atoms with E-state index in [-0.39, 0.29) is 0 Å². The summed E-state index contributed by atoms with van der Waals surface area (Å²) >= 11 is 0. The summed E-state index contributed by atoms with van der Waals surface area (Å²) < 4.78 is 51.6. The molecule has 1 aromatic carbocycles. The van der Waals surface area contributed by atoms with Crippen molar-refractivity contribution in [2.75, 3.05) is 13.6 Å². The van der Waals surface area contributed by atoms with Gasteiger partial charge >= 0.3 is 6.18 Å². The van der Waals surface area contributed by atoms with Gasteiger partial charge in [0.15, 0.2) is 0 Å². The number of carbonyl (C=O) groups excluding carboxylic acids is 1. The molecule has 0 saturated heterocycles. The normalized spacial score (nSPS) is 21.7. The molecule has 20 heavy (non-hydrogen) atoms. The fourth-order valence-electron chi connectivity index (χ4n) is 2.21. The Kier molecular flexibility index (Phi) is 3.75. The van der Waals surface area contributed by atoms with Gasteiger partial charge in [0, 0.05) is 13.6 Å². The third kappa shape index (κ3) is 2.94. The molecular weight excluding hydrogens is 274 g/mol. The molecule has 2 atom stereocenters. The van der Waals surface area contributed by atoms with Gasteiger partial charge in [0.1, 0.15) is 5.82 Å². The molecule has 1 aliphatic carbocycles. The Labute approximate surface area is 114 Å². The van der Waals surface area contributed by atoms with Crippen molar-refractivity contribution >= 4 is 5.91 Å². The first-order valence-corrected chi connectivity index (χ1v) is 6.33. The second-order valence-electron chi connectivity index (χ2n) is 5.32. The summed E-state index contributed by atoms with van der Waals surface area (Å²) in [6, 6.07) is 2.77. The minimum absolute atomic E-state index is 0.359. The molecule has 110 valence electrons. The second-order valence-corrected chi connectivity index (χ2v) is 5.32. The molecule has 1 fully saturated rings. The first-order chi connectivity index (χ1) is 9.21. The number of halogens is 4. The highest BCUT2D eigenvalue weighted by molar-refractivity contribution is 5.94. The fraction of sp³-hybridized carbons (Fsp3) is 0.500. The van der Waals surface area contributed by atoms with Crippen LogP contribution in [0.25, 0.3) is 0 Å². The lowest BCUT2D eigenvalue weighted by Gasteiger charge is -2.18. The molecule has 1 saturated carbocycles. The highest BCUT2D eigenvalue weighted by atomic mass is 19.4. The van der Waals surface area contributed by atoms with E-state index in [0.29, 0.717) is 24.4 Å². The van der Waals surface area contributed by atoms with Crippen LogP contribution < -0.4 is 0 Å². The van der Waals surface area contributed by atoms with Crippen LogP contribution in [0.2, 0.25) is 0 Å². The predicted molar refractivity (Wildman–Crippen MR) is 65.6 cm³/mol. The molecule has 0 heterocycles. The van der Waals surface area contributed by atoms with Gasteiger partial charge in [0.05, 0.1) is 11.1 Å². The quantitative estimate of drug-likeness (QED) is 0.779. The van der Waals surface area contributed by atoms with Crippen molar-refractivity contribution in [3.8, 4) is 0 Å².